The molecule has 0 aromatic heterocycles. The molecule has 1 aromatic rings. The van der Waals surface area contributed by atoms with Crippen LogP contribution in [0.2, 0.25) is 5.02 Å². The number of hydrogen-bond acceptors (Lipinski definition) is 3. The van der Waals surface area contributed by atoms with Gasteiger partial charge in [0.05, 0.1) is 29.5 Å². The van der Waals surface area contributed by atoms with Crippen molar-refractivity contribution in [2.75, 3.05) is 10.6 Å². The first-order valence-electron chi connectivity index (χ1n) is 7.71. The van der Waals surface area contributed by atoms with Crippen molar-refractivity contribution in [3.63, 3.8) is 0 Å². The molecular weight excluding hydrogens is 288 g/mol. The topological polar surface area (TPSA) is 50.4 Å². The van der Waals surface area contributed by atoms with E-state index in [-0.39, 0.29) is 24.0 Å². The predicted octanol–water partition coefficient (Wildman–Crippen LogP) is 3.42. The number of ether oxygens (including phenoxy) is 1. The molecule has 3 unspecified atom stereocenters. The van der Waals surface area contributed by atoms with Gasteiger partial charge in [-0.1, -0.05) is 11.6 Å². The highest BCUT2D eigenvalue weighted by molar-refractivity contribution is 6.31. The summed E-state index contributed by atoms with van der Waals surface area (Å²) in [7, 11) is 0. The molecule has 4 nitrogen and oxygen atoms in total. The van der Waals surface area contributed by atoms with Gasteiger partial charge in [-0.3, -0.25) is 4.79 Å². The summed E-state index contributed by atoms with van der Waals surface area (Å²) in [4.78, 5) is 12.5. The molecule has 0 radical (unpaired) electrons. The lowest BCUT2D eigenvalue weighted by atomic mass is 9.88. The van der Waals surface area contributed by atoms with E-state index in [1.807, 2.05) is 18.2 Å². The van der Waals surface area contributed by atoms with Crippen LogP contribution in [0.25, 0.3) is 0 Å². The molecule has 3 fully saturated rings. The SMILES string of the molecule is O=C(Nc1cc(Cl)ccc1NC1CC1)C1CC2CCC1O2. The van der Waals surface area contributed by atoms with Gasteiger partial charge in [-0.15, -0.1) is 0 Å². The van der Waals surface area contributed by atoms with Gasteiger partial charge in [0.1, 0.15) is 0 Å². The molecule has 2 bridgehead atoms. The molecule has 1 aliphatic carbocycles. The maximum Gasteiger partial charge on any atom is 0.230 e. The van der Waals surface area contributed by atoms with Gasteiger partial charge in [-0.25, -0.2) is 0 Å². The minimum Gasteiger partial charge on any atom is -0.381 e. The lowest BCUT2D eigenvalue weighted by molar-refractivity contribution is -0.121. The zero-order valence-corrected chi connectivity index (χ0v) is 12.5. The summed E-state index contributed by atoms with van der Waals surface area (Å²) in [6.07, 6.45) is 5.73. The normalized spacial score (nSPS) is 30.4. The number of amides is 1. The molecule has 1 aromatic carbocycles. The second-order valence-corrected chi connectivity index (χ2v) is 6.75. The van der Waals surface area contributed by atoms with E-state index in [1.165, 1.54) is 12.8 Å². The fraction of sp³-hybridized carbons (Fsp3) is 0.562. The van der Waals surface area contributed by atoms with E-state index < -0.39 is 0 Å². The van der Waals surface area contributed by atoms with Crippen molar-refractivity contribution in [1.29, 1.82) is 0 Å². The third-order valence-corrected chi connectivity index (χ3v) is 4.85. The number of carbonyl (C=O) groups excluding carboxylic acids is 1. The fourth-order valence-electron chi connectivity index (χ4n) is 3.33. The molecule has 2 heterocycles. The number of nitrogens with one attached hydrogen (secondary N) is 2. The van der Waals surface area contributed by atoms with Gasteiger partial charge < -0.3 is 15.4 Å². The molecule has 0 spiro atoms. The zero-order valence-electron chi connectivity index (χ0n) is 11.8. The highest BCUT2D eigenvalue weighted by atomic mass is 35.5. The van der Waals surface area contributed by atoms with Gasteiger partial charge in [0.15, 0.2) is 0 Å². The van der Waals surface area contributed by atoms with Crippen molar-refractivity contribution in [2.45, 2.75) is 50.4 Å². The minimum atomic E-state index is -0.0171. The summed E-state index contributed by atoms with van der Waals surface area (Å²) in [5.74, 6) is 0.0415. The monoisotopic (exact) mass is 306 g/mol. The Morgan fingerprint density at radius 3 is 2.71 bits per heavy atom. The average Bonchev–Trinajstić information content (AvgIpc) is 3.03. The van der Waals surface area contributed by atoms with Crippen molar-refractivity contribution >= 4 is 28.9 Å². The summed E-state index contributed by atoms with van der Waals surface area (Å²) < 4.78 is 5.77. The lowest BCUT2D eigenvalue weighted by Crippen LogP contribution is -2.30. The third kappa shape index (κ3) is 2.74. The van der Waals surface area contributed by atoms with Gasteiger partial charge in [0, 0.05) is 11.1 Å². The Bertz CT molecular complexity index is 573. The fourth-order valence-corrected chi connectivity index (χ4v) is 3.50. The van der Waals surface area contributed by atoms with E-state index in [4.69, 9.17) is 16.3 Å². The van der Waals surface area contributed by atoms with Crippen LogP contribution in [0, 0.1) is 5.92 Å². The van der Waals surface area contributed by atoms with E-state index in [0.717, 1.165) is 30.6 Å². The van der Waals surface area contributed by atoms with Crippen molar-refractivity contribution in [2.24, 2.45) is 5.92 Å². The number of hydrogen-bond donors (Lipinski definition) is 2. The number of fused-ring (bicyclic) bond motifs is 2. The zero-order chi connectivity index (χ0) is 14.4. The first-order valence-corrected chi connectivity index (χ1v) is 8.09. The van der Waals surface area contributed by atoms with Crippen molar-refractivity contribution in [3.05, 3.63) is 23.2 Å². The van der Waals surface area contributed by atoms with Gasteiger partial charge in [-0.2, -0.15) is 0 Å². The van der Waals surface area contributed by atoms with Crippen LogP contribution in [0.1, 0.15) is 32.1 Å². The number of halogens is 1. The van der Waals surface area contributed by atoms with Crippen LogP contribution in [-0.4, -0.2) is 24.2 Å². The number of rotatable bonds is 4. The molecule has 2 aliphatic heterocycles. The Morgan fingerprint density at radius 1 is 1.19 bits per heavy atom. The molecule has 4 rings (SSSR count). The van der Waals surface area contributed by atoms with Gasteiger partial charge in [-0.05, 0) is 50.3 Å². The smallest absolute Gasteiger partial charge is 0.230 e. The third-order valence-electron chi connectivity index (χ3n) is 4.62. The number of benzene rings is 1. The molecule has 1 amide bonds. The lowest BCUT2D eigenvalue weighted by Gasteiger charge is -2.19. The van der Waals surface area contributed by atoms with E-state index in [1.54, 1.807) is 0 Å². The molecule has 5 heteroatoms. The summed E-state index contributed by atoms with van der Waals surface area (Å²) in [6, 6.07) is 6.14. The molecule has 2 N–H and O–H groups in total. The highest BCUT2D eigenvalue weighted by Crippen LogP contribution is 2.40. The van der Waals surface area contributed by atoms with Crippen LogP contribution in [-0.2, 0) is 9.53 Å². The molecule has 3 aliphatic rings. The van der Waals surface area contributed by atoms with E-state index in [2.05, 4.69) is 10.6 Å². The first-order chi connectivity index (χ1) is 10.2. The summed E-state index contributed by atoms with van der Waals surface area (Å²) in [5, 5.41) is 7.12. The second-order valence-electron chi connectivity index (χ2n) is 6.31. The predicted molar refractivity (Wildman–Crippen MR) is 82.7 cm³/mol. The van der Waals surface area contributed by atoms with Crippen molar-refractivity contribution in [3.8, 4) is 0 Å². The van der Waals surface area contributed by atoms with Crippen molar-refractivity contribution < 1.29 is 9.53 Å². The van der Waals surface area contributed by atoms with Crippen LogP contribution in [0.15, 0.2) is 18.2 Å². The Labute approximate surface area is 129 Å². The largest absolute Gasteiger partial charge is 0.381 e. The molecule has 3 atom stereocenters. The summed E-state index contributed by atoms with van der Waals surface area (Å²) in [5.41, 5.74) is 1.74. The summed E-state index contributed by atoms with van der Waals surface area (Å²) >= 11 is 6.07. The van der Waals surface area contributed by atoms with Crippen molar-refractivity contribution in [1.82, 2.24) is 0 Å². The van der Waals surface area contributed by atoms with Gasteiger partial charge >= 0.3 is 0 Å². The van der Waals surface area contributed by atoms with Gasteiger partial charge in [0.25, 0.3) is 0 Å². The average molecular weight is 307 g/mol. The van der Waals surface area contributed by atoms with Crippen LogP contribution < -0.4 is 10.6 Å². The van der Waals surface area contributed by atoms with E-state index >= 15 is 0 Å². The molecule has 112 valence electrons. The molecule has 21 heavy (non-hydrogen) atoms. The summed E-state index contributed by atoms with van der Waals surface area (Å²) in [6.45, 7) is 0. The first kappa shape index (κ1) is 13.4. The quantitative estimate of drug-likeness (QED) is 0.896. The Hall–Kier alpha value is -1.26. The molecular formula is C16H19ClN2O2. The standard InChI is InChI=1S/C16H19ClN2O2/c17-9-1-5-13(18-10-2-3-10)14(7-9)19-16(20)12-8-11-4-6-15(12)21-11/h1,5,7,10-12,15,18H,2-4,6,8H2,(H,19,20). The van der Waals surface area contributed by atoms with E-state index in [9.17, 15) is 4.79 Å². The molecule has 1 saturated carbocycles. The highest BCUT2D eigenvalue weighted by Gasteiger charge is 2.44. The number of anilines is 2. The maximum atomic E-state index is 12.5. The number of carbonyl (C=O) groups is 1. The second kappa shape index (κ2) is 5.18. The van der Waals surface area contributed by atoms with Crippen LogP contribution >= 0.6 is 11.6 Å². The Morgan fingerprint density at radius 2 is 2.05 bits per heavy atom. The van der Waals surface area contributed by atoms with Crippen LogP contribution in [0.5, 0.6) is 0 Å². The maximum absolute atomic E-state index is 12.5. The Balaban J connectivity index is 1.50. The van der Waals surface area contributed by atoms with Crippen LogP contribution in [0.3, 0.4) is 0 Å². The minimum absolute atomic E-state index is 0.0171. The Kier molecular flexibility index (Phi) is 3.31. The van der Waals surface area contributed by atoms with Gasteiger partial charge in [0.2, 0.25) is 5.91 Å². The molecule has 2 saturated heterocycles. The van der Waals surface area contributed by atoms with Crippen LogP contribution in [0.4, 0.5) is 11.4 Å². The van der Waals surface area contributed by atoms with E-state index in [0.29, 0.717) is 11.1 Å².